The molecule has 4 aromatic rings. The maximum atomic E-state index is 13.4. The highest BCUT2D eigenvalue weighted by atomic mass is 32.2. The number of ether oxygens (including phenoxy) is 2. The molecule has 1 atom stereocenters. The lowest BCUT2D eigenvalue weighted by molar-refractivity contribution is -0.121. The molecule has 6 rings (SSSR count). The van der Waals surface area contributed by atoms with E-state index in [0.29, 0.717) is 40.0 Å². The number of hydrogen-bond acceptors (Lipinski definition) is 7. The molecule has 2 aliphatic rings. The molecule has 4 heterocycles. The first-order valence-electron chi connectivity index (χ1n) is 11.3. The van der Waals surface area contributed by atoms with Gasteiger partial charge in [-0.05, 0) is 43.2 Å². The first kappa shape index (κ1) is 21.7. The third-order valence-electron chi connectivity index (χ3n) is 6.30. The minimum atomic E-state index is -0.263. The molecule has 178 valence electrons. The molecule has 2 aliphatic heterocycles. The number of nitrogens with one attached hydrogen (secondary N) is 1. The molecule has 0 radical (unpaired) electrons. The van der Waals surface area contributed by atoms with E-state index in [0.717, 1.165) is 22.4 Å². The number of fused-ring (bicyclic) bond motifs is 3. The second-order valence-corrected chi connectivity index (χ2v) is 9.77. The SMILES string of the molecule is Cc1ccc(-n2ncc3c(=O)n4c(nc32)SCC4CC(=O)NCc2ccc3c(c2)OCO3)c(C)c1. The van der Waals surface area contributed by atoms with Gasteiger partial charge < -0.3 is 14.8 Å². The smallest absolute Gasteiger partial charge is 0.265 e. The molecule has 2 aromatic carbocycles. The van der Waals surface area contributed by atoms with Crippen molar-refractivity contribution in [2.24, 2.45) is 0 Å². The third-order valence-corrected chi connectivity index (χ3v) is 7.40. The molecular weight excluding hydrogens is 466 g/mol. The molecule has 9 nitrogen and oxygen atoms in total. The van der Waals surface area contributed by atoms with Crippen LogP contribution in [0.4, 0.5) is 0 Å². The van der Waals surface area contributed by atoms with Gasteiger partial charge in [-0.1, -0.05) is 35.5 Å². The van der Waals surface area contributed by atoms with Crippen LogP contribution in [0.3, 0.4) is 0 Å². The van der Waals surface area contributed by atoms with E-state index >= 15 is 0 Å². The summed E-state index contributed by atoms with van der Waals surface area (Å²) in [5.74, 6) is 1.88. The molecule has 0 spiro atoms. The predicted octanol–water partition coefficient (Wildman–Crippen LogP) is 3.28. The molecule has 0 bridgehead atoms. The monoisotopic (exact) mass is 489 g/mol. The Kier molecular flexibility index (Phi) is 5.25. The number of rotatable bonds is 5. The number of aryl methyl sites for hydroxylation is 2. The summed E-state index contributed by atoms with van der Waals surface area (Å²) in [4.78, 5) is 30.9. The van der Waals surface area contributed by atoms with Gasteiger partial charge in [-0.2, -0.15) is 5.10 Å². The summed E-state index contributed by atoms with van der Waals surface area (Å²) in [6, 6.07) is 11.4. The topological polar surface area (TPSA) is 100 Å². The van der Waals surface area contributed by atoms with Gasteiger partial charge >= 0.3 is 0 Å². The van der Waals surface area contributed by atoms with Gasteiger partial charge in [-0.15, -0.1) is 0 Å². The second kappa shape index (κ2) is 8.46. The number of nitrogens with zero attached hydrogens (tertiary/aromatic N) is 4. The van der Waals surface area contributed by atoms with Crippen molar-refractivity contribution in [1.82, 2.24) is 24.6 Å². The van der Waals surface area contributed by atoms with Gasteiger partial charge in [0.25, 0.3) is 5.56 Å². The summed E-state index contributed by atoms with van der Waals surface area (Å²) in [6.07, 6.45) is 1.76. The van der Waals surface area contributed by atoms with E-state index in [4.69, 9.17) is 14.5 Å². The lowest BCUT2D eigenvalue weighted by Gasteiger charge is -2.14. The first-order chi connectivity index (χ1) is 17.0. The van der Waals surface area contributed by atoms with Crippen molar-refractivity contribution in [2.45, 2.75) is 38.0 Å². The van der Waals surface area contributed by atoms with Crippen molar-refractivity contribution < 1.29 is 14.3 Å². The van der Waals surface area contributed by atoms with E-state index in [9.17, 15) is 9.59 Å². The van der Waals surface area contributed by atoms with Gasteiger partial charge in [0.05, 0.1) is 17.9 Å². The Morgan fingerprint density at radius 2 is 2.03 bits per heavy atom. The summed E-state index contributed by atoms with van der Waals surface area (Å²) >= 11 is 1.49. The first-order valence-corrected chi connectivity index (χ1v) is 12.3. The average molecular weight is 490 g/mol. The van der Waals surface area contributed by atoms with Crippen molar-refractivity contribution in [3.63, 3.8) is 0 Å². The van der Waals surface area contributed by atoms with Crippen LogP contribution < -0.4 is 20.3 Å². The number of aromatic nitrogens is 4. The summed E-state index contributed by atoms with van der Waals surface area (Å²) < 4.78 is 14.1. The molecule has 0 saturated carbocycles. The number of thioether (sulfide) groups is 1. The number of benzene rings is 2. The number of amides is 1. The highest BCUT2D eigenvalue weighted by Crippen LogP contribution is 2.34. The Bertz CT molecular complexity index is 1540. The molecule has 0 aliphatic carbocycles. The standard InChI is InChI=1S/C25H23N5O4S/c1-14-3-5-19(15(2)7-14)30-23-18(11-27-30)24(32)29-17(12-35-25(29)28-23)9-22(31)26-10-16-4-6-20-21(8-16)34-13-33-20/h3-8,11,17H,9-10,12-13H2,1-2H3,(H,26,31). The fraction of sp³-hybridized carbons (Fsp3) is 0.280. The van der Waals surface area contributed by atoms with Crippen LogP contribution in [0, 0.1) is 13.8 Å². The van der Waals surface area contributed by atoms with Crippen LogP contribution in [0.25, 0.3) is 16.7 Å². The van der Waals surface area contributed by atoms with E-state index in [1.807, 2.05) is 44.2 Å². The van der Waals surface area contributed by atoms with Crippen molar-refractivity contribution in [3.8, 4) is 17.2 Å². The van der Waals surface area contributed by atoms with E-state index in [1.165, 1.54) is 11.8 Å². The van der Waals surface area contributed by atoms with E-state index in [-0.39, 0.29) is 30.7 Å². The van der Waals surface area contributed by atoms with Crippen LogP contribution in [0.5, 0.6) is 11.5 Å². The summed E-state index contributed by atoms with van der Waals surface area (Å²) in [6.45, 7) is 4.64. The quantitative estimate of drug-likeness (QED) is 0.430. The van der Waals surface area contributed by atoms with E-state index < -0.39 is 0 Å². The Labute approximate surface area is 205 Å². The molecule has 0 fully saturated rings. The minimum absolute atomic E-state index is 0.126. The molecule has 1 amide bonds. The van der Waals surface area contributed by atoms with E-state index in [1.54, 1.807) is 15.4 Å². The normalized spacial score (nSPS) is 16.0. The third kappa shape index (κ3) is 3.83. The van der Waals surface area contributed by atoms with Crippen LogP contribution in [0.2, 0.25) is 0 Å². The maximum Gasteiger partial charge on any atom is 0.265 e. The Hall–Kier alpha value is -3.79. The predicted molar refractivity (Wildman–Crippen MR) is 131 cm³/mol. The molecule has 35 heavy (non-hydrogen) atoms. The highest BCUT2D eigenvalue weighted by Gasteiger charge is 2.29. The van der Waals surface area contributed by atoms with Gasteiger partial charge in [-0.3, -0.25) is 14.2 Å². The fourth-order valence-electron chi connectivity index (χ4n) is 4.54. The maximum absolute atomic E-state index is 13.4. The Morgan fingerprint density at radius 1 is 1.17 bits per heavy atom. The van der Waals surface area contributed by atoms with Crippen molar-refractivity contribution in [3.05, 3.63) is 69.6 Å². The van der Waals surface area contributed by atoms with Crippen molar-refractivity contribution in [2.75, 3.05) is 12.5 Å². The van der Waals surface area contributed by atoms with Gasteiger partial charge in [-0.25, -0.2) is 9.67 Å². The highest BCUT2D eigenvalue weighted by molar-refractivity contribution is 7.99. The van der Waals surface area contributed by atoms with Crippen molar-refractivity contribution in [1.29, 1.82) is 0 Å². The molecule has 1 N–H and O–H groups in total. The second-order valence-electron chi connectivity index (χ2n) is 8.79. The summed E-state index contributed by atoms with van der Waals surface area (Å²) in [5, 5.41) is 8.47. The van der Waals surface area contributed by atoms with Crippen LogP contribution >= 0.6 is 11.8 Å². The molecular formula is C25H23N5O4S. The van der Waals surface area contributed by atoms with Crippen LogP contribution in [0.15, 0.2) is 52.5 Å². The number of carbonyl (C=O) groups excluding carboxylic acids is 1. The van der Waals surface area contributed by atoms with Crippen LogP contribution in [-0.4, -0.2) is 37.8 Å². The summed E-state index contributed by atoms with van der Waals surface area (Å²) in [7, 11) is 0. The van der Waals surface area contributed by atoms with Gasteiger partial charge in [0, 0.05) is 18.7 Å². The number of hydrogen-bond donors (Lipinski definition) is 1. The zero-order chi connectivity index (χ0) is 24.1. The molecule has 1 unspecified atom stereocenters. The van der Waals surface area contributed by atoms with Crippen molar-refractivity contribution >= 4 is 28.7 Å². The van der Waals surface area contributed by atoms with Gasteiger partial charge in [0.15, 0.2) is 22.3 Å². The largest absolute Gasteiger partial charge is 0.454 e. The van der Waals surface area contributed by atoms with Crippen LogP contribution in [0.1, 0.15) is 29.2 Å². The molecule has 10 heteroatoms. The number of carbonyl (C=O) groups is 1. The van der Waals surface area contributed by atoms with Crippen LogP contribution in [-0.2, 0) is 11.3 Å². The Balaban J connectivity index is 1.22. The van der Waals surface area contributed by atoms with Gasteiger partial charge in [0.2, 0.25) is 12.7 Å². The minimum Gasteiger partial charge on any atom is -0.454 e. The van der Waals surface area contributed by atoms with Gasteiger partial charge in [0.1, 0.15) is 5.39 Å². The zero-order valence-corrected chi connectivity index (χ0v) is 20.1. The fourth-order valence-corrected chi connectivity index (χ4v) is 5.67. The molecule has 0 saturated heterocycles. The lowest BCUT2D eigenvalue weighted by atomic mass is 10.1. The zero-order valence-electron chi connectivity index (χ0n) is 19.3. The Morgan fingerprint density at radius 3 is 2.89 bits per heavy atom. The lowest BCUT2D eigenvalue weighted by Crippen LogP contribution is -2.30. The molecule has 2 aromatic heterocycles. The summed E-state index contributed by atoms with van der Waals surface area (Å²) in [5.41, 5.74) is 4.40. The average Bonchev–Trinajstić information content (AvgIpc) is 3.57. The van der Waals surface area contributed by atoms with E-state index in [2.05, 4.69) is 16.5 Å².